The zero-order chi connectivity index (χ0) is 13.7. The number of anilines is 1. The molecule has 2 atom stereocenters. The summed E-state index contributed by atoms with van der Waals surface area (Å²) in [6.07, 6.45) is 9.37. The van der Waals surface area contributed by atoms with Crippen LogP contribution in [0.5, 0.6) is 0 Å². The van der Waals surface area contributed by atoms with Crippen molar-refractivity contribution < 1.29 is 0 Å². The fourth-order valence-electron chi connectivity index (χ4n) is 3.05. The molecule has 106 valence electrons. The number of rotatable bonds is 4. The van der Waals surface area contributed by atoms with Gasteiger partial charge in [0.2, 0.25) is 0 Å². The fourth-order valence-corrected chi connectivity index (χ4v) is 3.77. The molecule has 1 N–H and O–H groups in total. The van der Waals surface area contributed by atoms with Gasteiger partial charge in [0, 0.05) is 10.5 Å². The minimum atomic E-state index is 0.584. The molecule has 19 heavy (non-hydrogen) atoms. The van der Waals surface area contributed by atoms with Gasteiger partial charge in [-0.3, -0.25) is 0 Å². The smallest absolute Gasteiger partial charge is 0.0648 e. The Morgan fingerprint density at radius 2 is 2.11 bits per heavy atom. The van der Waals surface area contributed by atoms with E-state index in [1.54, 1.807) is 0 Å². The van der Waals surface area contributed by atoms with Crippen molar-refractivity contribution >= 4 is 33.2 Å². The van der Waals surface area contributed by atoms with Crippen LogP contribution in [0.25, 0.3) is 0 Å². The van der Waals surface area contributed by atoms with Crippen LogP contribution in [0.3, 0.4) is 0 Å². The Labute approximate surface area is 130 Å². The predicted octanol–water partition coefficient (Wildman–Crippen LogP) is 6.26. The minimum Gasteiger partial charge on any atom is -0.381 e. The number of hydrogen-bond acceptors (Lipinski definition) is 1. The van der Waals surface area contributed by atoms with Gasteiger partial charge < -0.3 is 5.32 Å². The molecule has 0 saturated heterocycles. The SMILES string of the molecule is CCCC1CCCC(Nc2ccc(Br)cc2Cl)CC1. The van der Waals surface area contributed by atoms with Gasteiger partial charge in [0.1, 0.15) is 0 Å². The van der Waals surface area contributed by atoms with E-state index in [2.05, 4.69) is 34.2 Å². The molecule has 0 spiro atoms. The minimum absolute atomic E-state index is 0.584. The van der Waals surface area contributed by atoms with E-state index in [1.807, 2.05) is 12.1 Å². The summed E-state index contributed by atoms with van der Waals surface area (Å²) < 4.78 is 1.03. The summed E-state index contributed by atoms with van der Waals surface area (Å²) in [4.78, 5) is 0. The van der Waals surface area contributed by atoms with Crippen molar-refractivity contribution in [3.05, 3.63) is 27.7 Å². The molecule has 0 amide bonds. The van der Waals surface area contributed by atoms with Gasteiger partial charge in [0.05, 0.1) is 10.7 Å². The molecule has 3 heteroatoms. The van der Waals surface area contributed by atoms with Crippen molar-refractivity contribution in [2.45, 2.75) is 57.9 Å². The van der Waals surface area contributed by atoms with Crippen molar-refractivity contribution in [1.29, 1.82) is 0 Å². The average molecular weight is 345 g/mol. The van der Waals surface area contributed by atoms with Crippen LogP contribution < -0.4 is 5.32 Å². The molecular weight excluding hydrogens is 322 g/mol. The van der Waals surface area contributed by atoms with Crippen molar-refractivity contribution in [2.75, 3.05) is 5.32 Å². The number of hydrogen-bond donors (Lipinski definition) is 1. The molecule has 0 aromatic heterocycles. The zero-order valence-electron chi connectivity index (χ0n) is 11.6. The van der Waals surface area contributed by atoms with E-state index in [0.29, 0.717) is 6.04 Å². The van der Waals surface area contributed by atoms with E-state index in [-0.39, 0.29) is 0 Å². The van der Waals surface area contributed by atoms with Crippen LogP contribution in [-0.4, -0.2) is 6.04 Å². The topological polar surface area (TPSA) is 12.0 Å². The molecule has 1 saturated carbocycles. The highest BCUT2D eigenvalue weighted by Gasteiger charge is 2.18. The van der Waals surface area contributed by atoms with E-state index < -0.39 is 0 Å². The van der Waals surface area contributed by atoms with Crippen molar-refractivity contribution in [3.8, 4) is 0 Å². The van der Waals surface area contributed by atoms with Gasteiger partial charge in [-0.05, 0) is 43.4 Å². The van der Waals surface area contributed by atoms with Gasteiger partial charge in [0.25, 0.3) is 0 Å². The van der Waals surface area contributed by atoms with E-state index in [0.717, 1.165) is 21.1 Å². The predicted molar refractivity (Wildman–Crippen MR) is 88.0 cm³/mol. The largest absolute Gasteiger partial charge is 0.381 e. The van der Waals surface area contributed by atoms with Crippen LogP contribution in [0.2, 0.25) is 5.02 Å². The Bertz CT molecular complexity index is 408. The Hall–Kier alpha value is -0.210. The van der Waals surface area contributed by atoms with Gasteiger partial charge in [-0.15, -0.1) is 0 Å². The van der Waals surface area contributed by atoms with Crippen molar-refractivity contribution in [1.82, 2.24) is 0 Å². The van der Waals surface area contributed by atoms with Crippen molar-refractivity contribution in [3.63, 3.8) is 0 Å². The molecule has 2 unspecified atom stereocenters. The third kappa shape index (κ3) is 4.68. The Kier molecular flexibility index (Phi) is 6.03. The lowest BCUT2D eigenvalue weighted by atomic mass is 9.95. The number of benzene rings is 1. The van der Waals surface area contributed by atoms with Gasteiger partial charge in [-0.25, -0.2) is 0 Å². The van der Waals surface area contributed by atoms with Crippen LogP contribution in [0.4, 0.5) is 5.69 Å². The second-order valence-electron chi connectivity index (χ2n) is 5.63. The fraction of sp³-hybridized carbons (Fsp3) is 0.625. The average Bonchev–Trinajstić information content (AvgIpc) is 2.59. The molecule has 1 aromatic carbocycles. The number of nitrogens with one attached hydrogen (secondary N) is 1. The highest BCUT2D eigenvalue weighted by molar-refractivity contribution is 9.10. The Balaban J connectivity index is 1.92. The van der Waals surface area contributed by atoms with E-state index in [1.165, 1.54) is 44.9 Å². The first-order valence-electron chi connectivity index (χ1n) is 7.40. The van der Waals surface area contributed by atoms with E-state index in [9.17, 15) is 0 Å². The molecule has 1 aliphatic carbocycles. The lowest BCUT2D eigenvalue weighted by Crippen LogP contribution is -2.18. The maximum Gasteiger partial charge on any atom is 0.0648 e. The second kappa shape index (κ2) is 7.54. The summed E-state index contributed by atoms with van der Waals surface area (Å²) in [5.74, 6) is 0.942. The molecule has 1 nitrogen and oxygen atoms in total. The lowest BCUT2D eigenvalue weighted by Gasteiger charge is -2.19. The molecule has 0 radical (unpaired) electrons. The molecule has 1 aliphatic rings. The third-order valence-electron chi connectivity index (χ3n) is 4.08. The summed E-state index contributed by atoms with van der Waals surface area (Å²) in [5.41, 5.74) is 1.07. The van der Waals surface area contributed by atoms with Gasteiger partial charge >= 0.3 is 0 Å². The van der Waals surface area contributed by atoms with Crippen LogP contribution in [0.1, 0.15) is 51.9 Å². The molecular formula is C16H23BrClN. The number of halogens is 2. The maximum absolute atomic E-state index is 6.28. The van der Waals surface area contributed by atoms with Crippen LogP contribution in [0.15, 0.2) is 22.7 Å². The monoisotopic (exact) mass is 343 g/mol. The lowest BCUT2D eigenvalue weighted by molar-refractivity contribution is 0.422. The highest BCUT2D eigenvalue weighted by atomic mass is 79.9. The first-order valence-corrected chi connectivity index (χ1v) is 8.57. The third-order valence-corrected chi connectivity index (χ3v) is 4.88. The molecule has 0 heterocycles. The van der Waals surface area contributed by atoms with Gasteiger partial charge in [0.15, 0.2) is 0 Å². The standard InChI is InChI=1S/C16H23BrClN/c1-2-4-12-5-3-6-14(9-7-12)19-16-10-8-13(17)11-15(16)18/h8,10-12,14,19H,2-7,9H2,1H3. The summed E-state index contributed by atoms with van der Waals surface area (Å²) in [6.45, 7) is 2.29. The van der Waals surface area contributed by atoms with Crippen molar-refractivity contribution in [2.24, 2.45) is 5.92 Å². The Morgan fingerprint density at radius 1 is 1.26 bits per heavy atom. The van der Waals surface area contributed by atoms with Crippen LogP contribution >= 0.6 is 27.5 Å². The molecule has 0 bridgehead atoms. The van der Waals surface area contributed by atoms with Crippen LogP contribution in [0, 0.1) is 5.92 Å². The van der Waals surface area contributed by atoms with E-state index >= 15 is 0 Å². The molecule has 2 rings (SSSR count). The maximum atomic E-state index is 6.28. The summed E-state index contributed by atoms with van der Waals surface area (Å²) >= 11 is 9.72. The first-order chi connectivity index (χ1) is 9.19. The van der Waals surface area contributed by atoms with Gasteiger partial charge in [-0.2, -0.15) is 0 Å². The normalized spacial score (nSPS) is 23.9. The summed E-state index contributed by atoms with van der Waals surface area (Å²) in [5, 5.41) is 4.44. The molecule has 1 fully saturated rings. The first kappa shape index (κ1) is 15.2. The summed E-state index contributed by atoms with van der Waals surface area (Å²) in [6, 6.07) is 6.66. The second-order valence-corrected chi connectivity index (χ2v) is 6.95. The van der Waals surface area contributed by atoms with E-state index in [4.69, 9.17) is 11.6 Å². The van der Waals surface area contributed by atoms with Gasteiger partial charge in [-0.1, -0.05) is 60.1 Å². The molecule has 0 aliphatic heterocycles. The van der Waals surface area contributed by atoms with Crippen LogP contribution in [-0.2, 0) is 0 Å². The molecule has 1 aromatic rings. The quantitative estimate of drug-likeness (QED) is 0.635. The summed E-state index contributed by atoms with van der Waals surface area (Å²) in [7, 11) is 0. The highest BCUT2D eigenvalue weighted by Crippen LogP contribution is 2.31. The Morgan fingerprint density at radius 3 is 2.84 bits per heavy atom. The zero-order valence-corrected chi connectivity index (χ0v) is 13.9.